The molecule has 8 heteroatoms. The van der Waals surface area contributed by atoms with Crippen LogP contribution in [0.5, 0.6) is 0 Å². The van der Waals surface area contributed by atoms with Gasteiger partial charge in [0.25, 0.3) is 5.91 Å². The fourth-order valence-corrected chi connectivity index (χ4v) is 8.04. The molecule has 3 heterocycles. The lowest BCUT2D eigenvalue weighted by Gasteiger charge is -2.27. The highest BCUT2D eigenvalue weighted by atomic mass is 32.2. The SMILES string of the molecule is Cc1ccc(C(=O)N2CC=C(c3ccccc3)CC2)cc1NC1=N[C@H]2CS(=O)(=O)C[C@H]2S1. The van der Waals surface area contributed by atoms with Gasteiger partial charge in [-0.2, -0.15) is 0 Å². The van der Waals surface area contributed by atoms with E-state index in [-0.39, 0.29) is 28.7 Å². The van der Waals surface area contributed by atoms with Gasteiger partial charge in [0, 0.05) is 29.6 Å². The van der Waals surface area contributed by atoms with Crippen LogP contribution in [0.3, 0.4) is 0 Å². The Bertz CT molecular complexity index is 1220. The number of nitrogens with zero attached hydrogens (tertiary/aromatic N) is 2. The molecule has 0 spiro atoms. The number of thioether (sulfide) groups is 1. The number of amides is 1. The number of fused-ring (bicyclic) bond motifs is 1. The third-order valence-electron chi connectivity index (χ3n) is 6.19. The minimum absolute atomic E-state index is 0.00781. The number of hydrogen-bond acceptors (Lipinski definition) is 6. The van der Waals surface area contributed by atoms with Gasteiger partial charge in [-0.3, -0.25) is 9.79 Å². The largest absolute Gasteiger partial charge is 0.335 e. The summed E-state index contributed by atoms with van der Waals surface area (Å²) in [6.45, 7) is 3.27. The van der Waals surface area contributed by atoms with Crippen LogP contribution in [0, 0.1) is 6.92 Å². The van der Waals surface area contributed by atoms with E-state index in [1.165, 1.54) is 22.9 Å². The third kappa shape index (κ3) is 4.34. The fraction of sp³-hybridized carbons (Fsp3) is 0.333. The van der Waals surface area contributed by atoms with E-state index in [0.717, 1.165) is 22.8 Å². The maximum absolute atomic E-state index is 13.1. The van der Waals surface area contributed by atoms with Crippen molar-refractivity contribution in [2.75, 3.05) is 29.9 Å². The summed E-state index contributed by atoms with van der Waals surface area (Å²) in [5, 5.41) is 4.05. The van der Waals surface area contributed by atoms with Gasteiger partial charge in [0.15, 0.2) is 15.0 Å². The number of rotatable bonds is 3. The maximum Gasteiger partial charge on any atom is 0.254 e. The van der Waals surface area contributed by atoms with Crippen LogP contribution in [-0.4, -0.2) is 60.3 Å². The third-order valence-corrected chi connectivity index (χ3v) is 9.33. The zero-order chi connectivity index (χ0) is 22.3. The van der Waals surface area contributed by atoms with Crippen LogP contribution in [-0.2, 0) is 9.84 Å². The van der Waals surface area contributed by atoms with E-state index in [9.17, 15) is 13.2 Å². The highest BCUT2D eigenvalue weighted by molar-refractivity contribution is 8.15. The highest BCUT2D eigenvalue weighted by Crippen LogP contribution is 2.35. The Hall–Kier alpha value is -2.58. The van der Waals surface area contributed by atoms with Gasteiger partial charge in [0.1, 0.15) is 0 Å². The summed E-state index contributed by atoms with van der Waals surface area (Å²) in [7, 11) is -2.97. The summed E-state index contributed by atoms with van der Waals surface area (Å²) in [5.41, 5.74) is 4.99. The first kappa shape index (κ1) is 21.3. The summed E-state index contributed by atoms with van der Waals surface area (Å²) in [6, 6.07) is 15.8. The predicted molar refractivity (Wildman–Crippen MR) is 131 cm³/mol. The van der Waals surface area contributed by atoms with Gasteiger partial charge in [-0.1, -0.05) is 54.2 Å². The van der Waals surface area contributed by atoms with E-state index in [1.807, 2.05) is 48.2 Å². The number of carbonyl (C=O) groups excluding carboxylic acids is 1. The van der Waals surface area contributed by atoms with E-state index in [1.54, 1.807) is 0 Å². The number of aliphatic imine (C=N–C) groups is 1. The van der Waals surface area contributed by atoms with Crippen molar-refractivity contribution in [1.82, 2.24) is 4.90 Å². The van der Waals surface area contributed by atoms with Crippen molar-refractivity contribution < 1.29 is 13.2 Å². The number of aryl methyl sites for hydroxylation is 1. The smallest absolute Gasteiger partial charge is 0.254 e. The topological polar surface area (TPSA) is 78.8 Å². The van der Waals surface area contributed by atoms with E-state index in [2.05, 4.69) is 28.5 Å². The summed E-state index contributed by atoms with van der Waals surface area (Å²) < 4.78 is 23.6. The summed E-state index contributed by atoms with van der Waals surface area (Å²) in [6.07, 6.45) is 2.98. The van der Waals surface area contributed by atoms with Crippen molar-refractivity contribution in [2.45, 2.75) is 24.6 Å². The van der Waals surface area contributed by atoms with Gasteiger partial charge in [0.05, 0.1) is 17.5 Å². The molecule has 1 saturated heterocycles. The molecule has 5 rings (SSSR count). The Kier molecular flexibility index (Phi) is 5.59. The second-order valence-corrected chi connectivity index (χ2v) is 11.9. The van der Waals surface area contributed by atoms with Crippen LogP contribution < -0.4 is 5.32 Å². The molecule has 166 valence electrons. The van der Waals surface area contributed by atoms with Crippen molar-refractivity contribution in [2.24, 2.45) is 4.99 Å². The van der Waals surface area contributed by atoms with Crippen molar-refractivity contribution in [1.29, 1.82) is 0 Å². The zero-order valence-electron chi connectivity index (χ0n) is 17.8. The normalized spacial score (nSPS) is 24.0. The summed E-state index contributed by atoms with van der Waals surface area (Å²) >= 11 is 1.48. The molecule has 2 aromatic rings. The first-order chi connectivity index (χ1) is 15.4. The van der Waals surface area contributed by atoms with Gasteiger partial charge in [-0.25, -0.2) is 8.42 Å². The van der Waals surface area contributed by atoms with Crippen molar-refractivity contribution in [3.63, 3.8) is 0 Å². The molecule has 0 aliphatic carbocycles. The number of sulfone groups is 1. The number of hydrogen-bond donors (Lipinski definition) is 1. The second-order valence-electron chi connectivity index (χ2n) is 8.49. The number of carbonyl (C=O) groups is 1. The lowest BCUT2D eigenvalue weighted by molar-refractivity contribution is 0.0773. The zero-order valence-corrected chi connectivity index (χ0v) is 19.5. The lowest BCUT2D eigenvalue weighted by Crippen LogP contribution is -2.34. The van der Waals surface area contributed by atoms with Crippen LogP contribution in [0.1, 0.15) is 27.9 Å². The average Bonchev–Trinajstić information content (AvgIpc) is 3.28. The Balaban J connectivity index is 1.28. The first-order valence-electron chi connectivity index (χ1n) is 10.7. The molecule has 2 atom stereocenters. The molecular formula is C24H25N3O3S2. The molecule has 0 bridgehead atoms. The monoisotopic (exact) mass is 467 g/mol. The van der Waals surface area contributed by atoms with Gasteiger partial charge in [-0.05, 0) is 42.2 Å². The number of amidine groups is 1. The Labute approximate surface area is 192 Å². The molecule has 0 aromatic heterocycles. The summed E-state index contributed by atoms with van der Waals surface area (Å²) in [5.74, 6) is 0.323. The molecule has 1 fully saturated rings. The highest BCUT2D eigenvalue weighted by Gasteiger charge is 2.42. The van der Waals surface area contributed by atoms with Crippen LogP contribution >= 0.6 is 11.8 Å². The van der Waals surface area contributed by atoms with Crippen molar-refractivity contribution in [3.05, 3.63) is 71.3 Å². The number of benzene rings is 2. The van der Waals surface area contributed by atoms with Crippen LogP contribution in [0.15, 0.2) is 59.6 Å². The molecular weight excluding hydrogens is 442 g/mol. The van der Waals surface area contributed by atoms with Crippen LogP contribution in [0.2, 0.25) is 0 Å². The quantitative estimate of drug-likeness (QED) is 0.746. The van der Waals surface area contributed by atoms with Crippen LogP contribution in [0.4, 0.5) is 5.69 Å². The van der Waals surface area contributed by atoms with Gasteiger partial charge in [0.2, 0.25) is 0 Å². The molecule has 6 nitrogen and oxygen atoms in total. The molecule has 0 unspecified atom stereocenters. The van der Waals surface area contributed by atoms with E-state index in [0.29, 0.717) is 18.7 Å². The maximum atomic E-state index is 13.1. The Morgan fingerprint density at radius 3 is 2.69 bits per heavy atom. The van der Waals surface area contributed by atoms with Gasteiger partial charge >= 0.3 is 0 Å². The molecule has 2 aromatic carbocycles. The molecule has 3 aliphatic rings. The lowest BCUT2D eigenvalue weighted by atomic mass is 9.99. The second kappa shape index (κ2) is 8.41. The van der Waals surface area contributed by atoms with E-state index in [4.69, 9.17) is 0 Å². The first-order valence-corrected chi connectivity index (χ1v) is 13.4. The van der Waals surface area contributed by atoms with E-state index >= 15 is 0 Å². The molecule has 1 N–H and O–H groups in total. The fourth-order valence-electron chi connectivity index (χ4n) is 4.37. The van der Waals surface area contributed by atoms with Crippen molar-refractivity contribution >= 4 is 43.9 Å². The van der Waals surface area contributed by atoms with Gasteiger partial charge < -0.3 is 10.2 Å². The van der Waals surface area contributed by atoms with E-state index < -0.39 is 9.84 Å². The molecule has 3 aliphatic heterocycles. The number of nitrogens with one attached hydrogen (secondary N) is 1. The van der Waals surface area contributed by atoms with Crippen LogP contribution in [0.25, 0.3) is 5.57 Å². The number of anilines is 1. The standard InChI is InChI=1S/C24H25N3O3S2/c1-16-7-8-19(13-20(16)25-24-26-21-14-32(29,30)15-22(21)31-24)23(28)27-11-9-18(10-12-27)17-5-3-2-4-6-17/h2-9,13,21-22H,10-12,14-15H2,1H3,(H,25,26)/t21-,22+/m0/s1. The molecule has 32 heavy (non-hydrogen) atoms. The minimum atomic E-state index is -2.97. The molecule has 1 amide bonds. The van der Waals surface area contributed by atoms with Gasteiger partial charge in [-0.15, -0.1) is 0 Å². The Morgan fingerprint density at radius 2 is 1.97 bits per heavy atom. The average molecular weight is 468 g/mol. The molecule has 0 saturated carbocycles. The molecule has 0 radical (unpaired) electrons. The van der Waals surface area contributed by atoms with Crippen molar-refractivity contribution in [3.8, 4) is 0 Å². The predicted octanol–water partition coefficient (Wildman–Crippen LogP) is 3.60. The minimum Gasteiger partial charge on any atom is -0.335 e. The Morgan fingerprint density at radius 1 is 1.16 bits per heavy atom. The summed E-state index contributed by atoms with van der Waals surface area (Å²) in [4.78, 5) is 19.6.